The van der Waals surface area contributed by atoms with Gasteiger partial charge in [-0.2, -0.15) is 0 Å². The van der Waals surface area contributed by atoms with Crippen molar-refractivity contribution < 1.29 is 9.53 Å². The minimum atomic E-state index is -0.0766. The van der Waals surface area contributed by atoms with Crippen LogP contribution in [0.2, 0.25) is 0 Å². The van der Waals surface area contributed by atoms with Crippen molar-refractivity contribution in [1.29, 1.82) is 0 Å². The number of nitrogens with zero attached hydrogens (tertiary/aromatic N) is 2. The van der Waals surface area contributed by atoms with Crippen LogP contribution in [0.1, 0.15) is 40.8 Å². The normalized spacial score (nSPS) is 12.0. The third-order valence-electron chi connectivity index (χ3n) is 5.21. The summed E-state index contributed by atoms with van der Waals surface area (Å²) in [4.78, 5) is 20.6. The molecular formula is C24H29N3O2S. The Balaban J connectivity index is 1.78. The van der Waals surface area contributed by atoms with Crippen molar-refractivity contribution in [3.63, 3.8) is 0 Å². The number of nitrogens with one attached hydrogen (secondary N) is 1. The molecule has 1 amide bonds. The average molecular weight is 424 g/mol. The highest BCUT2D eigenvalue weighted by Gasteiger charge is 2.22. The molecule has 0 radical (unpaired) electrons. The van der Waals surface area contributed by atoms with Gasteiger partial charge in [0.1, 0.15) is 15.6 Å². The summed E-state index contributed by atoms with van der Waals surface area (Å²) in [5, 5.41) is 4.01. The number of amides is 1. The second-order valence-electron chi connectivity index (χ2n) is 7.02. The third-order valence-corrected chi connectivity index (χ3v) is 6.42. The van der Waals surface area contributed by atoms with Crippen molar-refractivity contribution in [2.75, 3.05) is 26.7 Å². The van der Waals surface area contributed by atoms with Gasteiger partial charge >= 0.3 is 0 Å². The van der Waals surface area contributed by atoms with Crippen LogP contribution in [-0.2, 0) is 0 Å². The topological polar surface area (TPSA) is 54.5 Å². The van der Waals surface area contributed by atoms with Crippen LogP contribution in [-0.4, -0.2) is 42.5 Å². The van der Waals surface area contributed by atoms with Gasteiger partial charge < -0.3 is 10.1 Å². The first-order valence-corrected chi connectivity index (χ1v) is 11.1. The fraction of sp³-hybridized carbons (Fsp3) is 0.333. The first-order chi connectivity index (χ1) is 14.6. The zero-order valence-electron chi connectivity index (χ0n) is 18.0. The summed E-state index contributed by atoms with van der Waals surface area (Å²) in [7, 11) is 1.67. The van der Waals surface area contributed by atoms with Crippen molar-refractivity contribution in [1.82, 2.24) is 15.2 Å². The number of hydrogen-bond donors (Lipinski definition) is 1. The number of carbonyl (C=O) groups is 1. The summed E-state index contributed by atoms with van der Waals surface area (Å²) in [6.07, 6.45) is 0. The Bertz CT molecular complexity index is 968. The van der Waals surface area contributed by atoms with Gasteiger partial charge in [0, 0.05) is 12.1 Å². The van der Waals surface area contributed by atoms with Gasteiger partial charge in [-0.05, 0) is 37.7 Å². The molecule has 6 heteroatoms. The standard InChI is InChI=1S/C24H29N3O2S/c1-5-27(6-2)21(19-13-10-14-20(15-19)29-4)16-25-23(28)22-17(3)26-24(30-22)18-11-8-7-9-12-18/h7-15,21H,5-6,16H2,1-4H3,(H,25,28). The maximum Gasteiger partial charge on any atom is 0.263 e. The highest BCUT2D eigenvalue weighted by molar-refractivity contribution is 7.17. The van der Waals surface area contributed by atoms with Crippen LogP contribution in [0.3, 0.4) is 0 Å². The van der Waals surface area contributed by atoms with Gasteiger partial charge in [0.05, 0.1) is 18.8 Å². The van der Waals surface area contributed by atoms with Crippen LogP contribution in [0, 0.1) is 6.92 Å². The molecule has 0 aliphatic heterocycles. The Kier molecular flexibility index (Phi) is 7.60. The number of thiazole rings is 1. The number of hydrogen-bond acceptors (Lipinski definition) is 5. The molecule has 2 aromatic carbocycles. The van der Waals surface area contributed by atoms with Crippen LogP contribution in [0.15, 0.2) is 54.6 Å². The molecule has 30 heavy (non-hydrogen) atoms. The molecule has 0 spiro atoms. The Morgan fingerprint density at radius 2 is 1.87 bits per heavy atom. The average Bonchev–Trinajstić information content (AvgIpc) is 3.18. The first-order valence-electron chi connectivity index (χ1n) is 10.3. The quantitative estimate of drug-likeness (QED) is 0.530. The van der Waals surface area contributed by atoms with Crippen LogP contribution in [0.5, 0.6) is 5.75 Å². The number of aromatic nitrogens is 1. The van der Waals surface area contributed by atoms with E-state index in [1.807, 2.05) is 55.5 Å². The monoisotopic (exact) mass is 423 g/mol. The lowest BCUT2D eigenvalue weighted by Gasteiger charge is -2.30. The van der Waals surface area contributed by atoms with E-state index in [0.717, 1.165) is 40.7 Å². The van der Waals surface area contributed by atoms with E-state index in [0.29, 0.717) is 11.4 Å². The highest BCUT2D eigenvalue weighted by atomic mass is 32.1. The fourth-order valence-corrected chi connectivity index (χ4v) is 4.54. The van der Waals surface area contributed by atoms with Crippen molar-refractivity contribution in [3.8, 4) is 16.3 Å². The molecule has 0 aliphatic rings. The molecule has 1 aromatic heterocycles. The zero-order valence-corrected chi connectivity index (χ0v) is 18.8. The van der Waals surface area contributed by atoms with E-state index >= 15 is 0 Å². The molecule has 1 atom stereocenters. The molecule has 158 valence electrons. The molecule has 1 heterocycles. The number of likely N-dealkylation sites (N-methyl/N-ethyl adjacent to an activating group) is 1. The molecule has 3 aromatic rings. The minimum absolute atomic E-state index is 0.0703. The van der Waals surface area contributed by atoms with E-state index in [4.69, 9.17) is 4.74 Å². The molecule has 0 saturated heterocycles. The van der Waals surface area contributed by atoms with Crippen molar-refractivity contribution in [3.05, 3.63) is 70.7 Å². The van der Waals surface area contributed by atoms with E-state index < -0.39 is 0 Å². The summed E-state index contributed by atoms with van der Waals surface area (Å²) < 4.78 is 5.40. The molecule has 0 fully saturated rings. The Morgan fingerprint density at radius 3 is 2.53 bits per heavy atom. The van der Waals surface area contributed by atoms with Gasteiger partial charge in [0.2, 0.25) is 0 Å². The largest absolute Gasteiger partial charge is 0.497 e. The smallest absolute Gasteiger partial charge is 0.263 e. The van der Waals surface area contributed by atoms with Gasteiger partial charge in [-0.15, -0.1) is 11.3 Å². The molecule has 5 nitrogen and oxygen atoms in total. The maximum absolute atomic E-state index is 13.0. The first kappa shape index (κ1) is 22.0. The lowest BCUT2D eigenvalue weighted by molar-refractivity contribution is 0.0938. The van der Waals surface area contributed by atoms with Gasteiger partial charge in [0.25, 0.3) is 5.91 Å². The zero-order chi connectivity index (χ0) is 21.5. The van der Waals surface area contributed by atoms with Crippen LogP contribution < -0.4 is 10.1 Å². The molecule has 3 rings (SSSR count). The van der Waals surface area contributed by atoms with E-state index in [9.17, 15) is 4.79 Å². The lowest BCUT2D eigenvalue weighted by atomic mass is 10.0. The van der Waals surface area contributed by atoms with Crippen molar-refractivity contribution in [2.45, 2.75) is 26.8 Å². The predicted octanol–water partition coefficient (Wildman–Crippen LogP) is 4.94. The van der Waals surface area contributed by atoms with E-state index in [2.05, 4.69) is 35.1 Å². The number of methoxy groups -OCH3 is 1. The lowest BCUT2D eigenvalue weighted by Crippen LogP contribution is -2.38. The fourth-order valence-electron chi connectivity index (χ4n) is 3.55. The number of rotatable bonds is 9. The van der Waals surface area contributed by atoms with Crippen LogP contribution in [0.25, 0.3) is 10.6 Å². The van der Waals surface area contributed by atoms with Crippen molar-refractivity contribution >= 4 is 17.2 Å². The summed E-state index contributed by atoms with van der Waals surface area (Å²) >= 11 is 1.44. The van der Waals surface area contributed by atoms with Gasteiger partial charge in [-0.25, -0.2) is 4.98 Å². The number of carbonyl (C=O) groups excluding carboxylic acids is 1. The molecule has 0 aliphatic carbocycles. The summed E-state index contributed by atoms with van der Waals surface area (Å²) in [6, 6.07) is 18.1. The van der Waals surface area contributed by atoms with E-state index in [-0.39, 0.29) is 11.9 Å². The van der Waals surface area contributed by atoms with Gasteiger partial charge in [-0.3, -0.25) is 9.69 Å². The number of ether oxygens (including phenoxy) is 1. The summed E-state index contributed by atoms with van der Waals surface area (Å²) in [5.41, 5.74) is 2.92. The second-order valence-corrected chi connectivity index (χ2v) is 8.02. The van der Waals surface area contributed by atoms with Crippen LogP contribution >= 0.6 is 11.3 Å². The molecule has 1 N–H and O–H groups in total. The molecule has 1 unspecified atom stereocenters. The molecule has 0 saturated carbocycles. The third kappa shape index (κ3) is 5.07. The second kappa shape index (κ2) is 10.4. The summed E-state index contributed by atoms with van der Waals surface area (Å²) in [5.74, 6) is 0.744. The molecule has 0 bridgehead atoms. The predicted molar refractivity (Wildman–Crippen MR) is 123 cm³/mol. The summed E-state index contributed by atoms with van der Waals surface area (Å²) in [6.45, 7) is 8.47. The van der Waals surface area contributed by atoms with Crippen LogP contribution in [0.4, 0.5) is 0 Å². The van der Waals surface area contributed by atoms with E-state index in [1.165, 1.54) is 11.3 Å². The molecular weight excluding hydrogens is 394 g/mol. The maximum atomic E-state index is 13.0. The minimum Gasteiger partial charge on any atom is -0.497 e. The number of benzene rings is 2. The van der Waals surface area contributed by atoms with E-state index in [1.54, 1.807) is 7.11 Å². The Morgan fingerprint density at radius 1 is 1.13 bits per heavy atom. The SMILES string of the molecule is CCN(CC)C(CNC(=O)c1sc(-c2ccccc2)nc1C)c1cccc(OC)c1. The Labute approximate surface area is 182 Å². The van der Waals surface area contributed by atoms with Gasteiger partial charge in [-0.1, -0.05) is 56.3 Å². The van der Waals surface area contributed by atoms with Gasteiger partial charge in [0.15, 0.2) is 0 Å². The Hall–Kier alpha value is -2.70. The van der Waals surface area contributed by atoms with Crippen molar-refractivity contribution in [2.24, 2.45) is 0 Å². The highest BCUT2D eigenvalue weighted by Crippen LogP contribution is 2.28. The number of aryl methyl sites for hydroxylation is 1.